The lowest BCUT2D eigenvalue weighted by atomic mass is 10.2. The second-order valence-electron chi connectivity index (χ2n) is 5.54. The third-order valence-corrected chi connectivity index (χ3v) is 4.13. The number of ether oxygens (including phenoxy) is 1. The quantitative estimate of drug-likeness (QED) is 0.400. The number of phenolic OH excluding ortho intramolecular Hbond substituents is 1. The predicted molar refractivity (Wildman–Crippen MR) is 109 cm³/mol. The molecule has 0 spiro atoms. The van der Waals surface area contributed by atoms with Crippen LogP contribution in [0, 0.1) is 20.2 Å². The Morgan fingerprint density at radius 1 is 0.828 bits per heavy atom. The molecule has 0 unspecified atom stereocenters. The molecule has 0 aliphatic heterocycles. The maximum atomic E-state index is 10.7. The van der Waals surface area contributed by atoms with Gasteiger partial charge in [-0.1, -0.05) is 53.5 Å². The zero-order valence-corrected chi connectivity index (χ0v) is 16.2. The Hall–Kier alpha value is -3.36. The highest BCUT2D eigenvalue weighted by atomic mass is 35.5. The summed E-state index contributed by atoms with van der Waals surface area (Å²) in [7, 11) is 0. The van der Waals surface area contributed by atoms with Crippen LogP contribution < -0.4 is 4.74 Å². The summed E-state index contributed by atoms with van der Waals surface area (Å²) >= 11 is 11.1. The van der Waals surface area contributed by atoms with Crippen molar-refractivity contribution in [1.29, 1.82) is 0 Å². The Labute approximate surface area is 175 Å². The molecule has 0 saturated heterocycles. The smallest absolute Gasteiger partial charge is 0.291 e. The Morgan fingerprint density at radius 2 is 1.38 bits per heavy atom. The molecule has 0 saturated carbocycles. The molecule has 29 heavy (non-hydrogen) atoms. The SMILES string of the molecule is O=[N+]([O-])c1cc(O)ccc1Cl.O=[N+]([O-])c1cc(OCc2ccccc2)ccc1Cl. The number of nitrogens with zero attached hydrogens (tertiary/aromatic N) is 2. The number of aromatic hydroxyl groups is 1. The number of rotatable bonds is 5. The zero-order valence-electron chi connectivity index (χ0n) is 14.7. The van der Waals surface area contributed by atoms with Crippen molar-refractivity contribution < 1.29 is 19.7 Å². The van der Waals surface area contributed by atoms with Crippen LogP contribution in [0.1, 0.15) is 5.56 Å². The molecule has 0 aliphatic rings. The monoisotopic (exact) mass is 436 g/mol. The highest BCUT2D eigenvalue weighted by Crippen LogP contribution is 2.29. The first-order chi connectivity index (χ1) is 13.8. The van der Waals surface area contributed by atoms with E-state index in [1.165, 1.54) is 24.3 Å². The van der Waals surface area contributed by atoms with Gasteiger partial charge in [0.25, 0.3) is 11.4 Å². The van der Waals surface area contributed by atoms with Gasteiger partial charge in [0.1, 0.15) is 28.2 Å². The van der Waals surface area contributed by atoms with E-state index < -0.39 is 9.85 Å². The molecule has 8 nitrogen and oxygen atoms in total. The van der Waals surface area contributed by atoms with E-state index in [2.05, 4.69) is 0 Å². The van der Waals surface area contributed by atoms with E-state index in [9.17, 15) is 20.2 Å². The fraction of sp³-hybridized carbons (Fsp3) is 0.0526. The fourth-order valence-electron chi connectivity index (χ4n) is 2.10. The van der Waals surface area contributed by atoms with Crippen molar-refractivity contribution in [2.24, 2.45) is 0 Å². The van der Waals surface area contributed by atoms with E-state index >= 15 is 0 Å². The minimum absolute atomic E-state index is 0.0211. The molecule has 0 amide bonds. The number of nitro groups is 2. The van der Waals surface area contributed by atoms with Crippen LogP contribution in [0.5, 0.6) is 11.5 Å². The number of hydrogen-bond acceptors (Lipinski definition) is 6. The number of benzene rings is 3. The van der Waals surface area contributed by atoms with Crippen LogP contribution in [0.15, 0.2) is 66.7 Å². The number of halogens is 2. The summed E-state index contributed by atoms with van der Waals surface area (Å²) in [5.74, 6) is 0.260. The topological polar surface area (TPSA) is 116 Å². The molecule has 0 heterocycles. The molecule has 0 aromatic heterocycles. The summed E-state index contributed by atoms with van der Waals surface area (Å²) in [6, 6.07) is 17.5. The average molecular weight is 437 g/mol. The van der Waals surface area contributed by atoms with Crippen LogP contribution in [0.2, 0.25) is 10.0 Å². The van der Waals surface area contributed by atoms with Crippen LogP contribution in [0.25, 0.3) is 0 Å². The lowest BCUT2D eigenvalue weighted by molar-refractivity contribution is -0.384. The minimum atomic E-state index is -0.651. The molecule has 0 aliphatic carbocycles. The molecule has 0 radical (unpaired) electrons. The lowest BCUT2D eigenvalue weighted by Gasteiger charge is -2.06. The fourth-order valence-corrected chi connectivity index (χ4v) is 2.48. The Balaban J connectivity index is 0.000000234. The highest BCUT2D eigenvalue weighted by Gasteiger charge is 2.13. The molecule has 3 rings (SSSR count). The number of hydrogen-bond donors (Lipinski definition) is 1. The molecule has 10 heteroatoms. The van der Waals surface area contributed by atoms with Crippen molar-refractivity contribution in [3.63, 3.8) is 0 Å². The molecule has 0 fully saturated rings. The summed E-state index contributed by atoms with van der Waals surface area (Å²) in [4.78, 5) is 19.7. The third kappa shape index (κ3) is 6.63. The van der Waals surface area contributed by atoms with Crippen molar-refractivity contribution in [1.82, 2.24) is 0 Å². The van der Waals surface area contributed by atoms with Crippen LogP contribution in [0.3, 0.4) is 0 Å². The maximum absolute atomic E-state index is 10.7. The molecule has 150 valence electrons. The van der Waals surface area contributed by atoms with E-state index in [-0.39, 0.29) is 27.2 Å². The number of nitro benzene ring substituents is 2. The first-order valence-corrected chi connectivity index (χ1v) is 8.77. The van der Waals surface area contributed by atoms with Crippen molar-refractivity contribution in [3.05, 3.63) is 103 Å². The largest absolute Gasteiger partial charge is 0.508 e. The summed E-state index contributed by atoms with van der Waals surface area (Å²) < 4.78 is 5.47. The normalized spacial score (nSPS) is 9.86. The first kappa shape index (κ1) is 21.9. The standard InChI is InChI=1S/C13H10ClNO3.C6H4ClNO3/c14-12-7-6-11(8-13(12)15(16)17)18-9-10-4-2-1-3-5-10;7-5-2-1-4(9)3-6(5)8(10)11/h1-8H,9H2;1-3,9H. The zero-order chi connectivity index (χ0) is 21.4. The van der Waals surface area contributed by atoms with E-state index in [4.69, 9.17) is 33.0 Å². The Bertz CT molecular complexity index is 1010. The van der Waals surface area contributed by atoms with E-state index in [1.54, 1.807) is 6.07 Å². The van der Waals surface area contributed by atoms with Crippen LogP contribution in [-0.4, -0.2) is 15.0 Å². The van der Waals surface area contributed by atoms with Gasteiger partial charge >= 0.3 is 0 Å². The Kier molecular flexibility index (Phi) is 7.76. The van der Waals surface area contributed by atoms with Gasteiger partial charge < -0.3 is 9.84 Å². The second-order valence-corrected chi connectivity index (χ2v) is 6.35. The van der Waals surface area contributed by atoms with Crippen LogP contribution in [0.4, 0.5) is 11.4 Å². The van der Waals surface area contributed by atoms with Crippen molar-refractivity contribution in [2.45, 2.75) is 6.61 Å². The van der Waals surface area contributed by atoms with Gasteiger partial charge in [0.15, 0.2) is 0 Å². The number of phenols is 1. The molecule has 3 aromatic carbocycles. The van der Waals surface area contributed by atoms with E-state index in [1.807, 2.05) is 30.3 Å². The average Bonchev–Trinajstić information content (AvgIpc) is 2.70. The van der Waals surface area contributed by atoms with Gasteiger partial charge in [0, 0.05) is 0 Å². The molecule has 0 bridgehead atoms. The minimum Gasteiger partial charge on any atom is -0.508 e. The van der Waals surface area contributed by atoms with Gasteiger partial charge in [-0.25, -0.2) is 0 Å². The van der Waals surface area contributed by atoms with Gasteiger partial charge in [0.2, 0.25) is 0 Å². The van der Waals surface area contributed by atoms with Crippen molar-refractivity contribution >= 4 is 34.6 Å². The lowest BCUT2D eigenvalue weighted by Crippen LogP contribution is -1.96. The van der Waals surface area contributed by atoms with Crippen LogP contribution >= 0.6 is 23.2 Å². The summed E-state index contributed by atoms with van der Waals surface area (Å²) in [6.07, 6.45) is 0. The van der Waals surface area contributed by atoms with Gasteiger partial charge in [-0.2, -0.15) is 0 Å². The van der Waals surface area contributed by atoms with E-state index in [0.717, 1.165) is 11.6 Å². The molecular weight excluding hydrogens is 423 g/mol. The van der Waals surface area contributed by atoms with Crippen molar-refractivity contribution in [2.75, 3.05) is 0 Å². The first-order valence-electron chi connectivity index (χ1n) is 8.01. The van der Waals surface area contributed by atoms with Crippen molar-refractivity contribution in [3.8, 4) is 11.5 Å². The van der Waals surface area contributed by atoms with Gasteiger partial charge in [-0.05, 0) is 29.8 Å². The van der Waals surface area contributed by atoms with E-state index in [0.29, 0.717) is 12.4 Å². The highest BCUT2D eigenvalue weighted by molar-refractivity contribution is 6.33. The summed E-state index contributed by atoms with van der Waals surface area (Å²) in [5.41, 5.74) is 0.559. The molecule has 3 aromatic rings. The molecule has 1 N–H and O–H groups in total. The van der Waals surface area contributed by atoms with Gasteiger partial charge in [-0.3, -0.25) is 20.2 Å². The summed E-state index contributed by atoms with van der Waals surface area (Å²) in [6.45, 7) is 0.361. The van der Waals surface area contributed by atoms with Gasteiger partial charge in [-0.15, -0.1) is 0 Å². The molecule has 0 atom stereocenters. The molecular formula is C19H14Cl2N2O6. The summed E-state index contributed by atoms with van der Waals surface area (Å²) in [5, 5.41) is 29.8. The third-order valence-electron chi connectivity index (χ3n) is 3.49. The predicted octanol–water partition coefficient (Wildman–Crippen LogP) is 5.78. The Morgan fingerprint density at radius 3 is 1.93 bits per heavy atom. The second kappa shape index (κ2) is 10.3. The van der Waals surface area contributed by atoms with Crippen LogP contribution in [-0.2, 0) is 6.61 Å². The maximum Gasteiger partial charge on any atom is 0.291 e. The van der Waals surface area contributed by atoms with Gasteiger partial charge in [0.05, 0.1) is 22.0 Å².